The molecule has 0 radical (unpaired) electrons. The summed E-state index contributed by atoms with van der Waals surface area (Å²) in [6.07, 6.45) is 1.06. The Morgan fingerprint density at radius 1 is 1.28 bits per heavy atom. The number of carbonyl (C=O) groups is 1. The Kier molecular flexibility index (Phi) is 4.45. The highest BCUT2D eigenvalue weighted by atomic mass is 16.7. The second kappa shape index (κ2) is 6.18. The van der Waals surface area contributed by atoms with Crippen molar-refractivity contribution in [3.05, 3.63) is 12.3 Å². The molecule has 0 bridgehead atoms. The fourth-order valence-electron chi connectivity index (χ4n) is 2.68. The molecule has 1 aromatic rings. The molecule has 0 spiro atoms. The van der Waals surface area contributed by atoms with Crippen LogP contribution in [0.1, 0.15) is 41.5 Å². The lowest BCUT2D eigenvalue weighted by Gasteiger charge is -2.32. The quantitative estimate of drug-likeness (QED) is 0.763. The summed E-state index contributed by atoms with van der Waals surface area (Å²) in [7, 11) is -0.548. The van der Waals surface area contributed by atoms with Gasteiger partial charge in [-0.25, -0.2) is 9.78 Å². The normalized spacial score (nSPS) is 21.1. The van der Waals surface area contributed by atoms with Crippen LogP contribution in [0.5, 0.6) is 5.88 Å². The molecule has 1 amide bonds. The van der Waals surface area contributed by atoms with Crippen LogP contribution < -0.4 is 15.1 Å². The van der Waals surface area contributed by atoms with E-state index in [0.29, 0.717) is 24.7 Å². The molecule has 2 aliphatic rings. The van der Waals surface area contributed by atoms with Crippen LogP contribution in [0.2, 0.25) is 0 Å². The van der Waals surface area contributed by atoms with E-state index in [9.17, 15) is 4.79 Å². The summed E-state index contributed by atoms with van der Waals surface area (Å²) in [4.78, 5) is 18.2. The monoisotopic (exact) mass is 348 g/mol. The van der Waals surface area contributed by atoms with Crippen molar-refractivity contribution in [3.8, 4) is 5.88 Å². The highest BCUT2D eigenvalue weighted by Crippen LogP contribution is 2.37. The van der Waals surface area contributed by atoms with Gasteiger partial charge in [-0.05, 0) is 47.6 Å². The maximum absolute atomic E-state index is 12.4. The molecule has 0 N–H and O–H groups in total. The van der Waals surface area contributed by atoms with Gasteiger partial charge in [-0.15, -0.1) is 0 Å². The lowest BCUT2D eigenvalue weighted by atomic mass is 9.80. The van der Waals surface area contributed by atoms with E-state index in [2.05, 4.69) is 4.98 Å². The van der Waals surface area contributed by atoms with Crippen molar-refractivity contribution in [2.24, 2.45) is 0 Å². The molecule has 0 aliphatic carbocycles. The second-order valence-corrected chi connectivity index (χ2v) is 7.61. The van der Waals surface area contributed by atoms with Crippen molar-refractivity contribution < 1.29 is 23.6 Å². The number of carbonyl (C=O) groups excluding carboxylic acids is 1. The number of ether oxygens (including phenoxy) is 2. The van der Waals surface area contributed by atoms with Gasteiger partial charge in [0.15, 0.2) is 0 Å². The average molecular weight is 348 g/mol. The summed E-state index contributed by atoms with van der Waals surface area (Å²) < 4.78 is 23.0. The number of fused-ring (bicyclic) bond motifs is 1. The maximum atomic E-state index is 12.4. The summed E-state index contributed by atoms with van der Waals surface area (Å²) in [5, 5.41) is 0. The van der Waals surface area contributed by atoms with Crippen LogP contribution in [0, 0.1) is 0 Å². The minimum absolute atomic E-state index is 0.196. The minimum Gasteiger partial charge on any atom is -0.474 e. The first-order valence-electron chi connectivity index (χ1n) is 8.57. The number of nitrogens with zero attached hydrogens (tertiary/aromatic N) is 2. The Hall–Kier alpha value is -1.80. The number of aromatic nitrogens is 1. The van der Waals surface area contributed by atoms with E-state index in [-0.39, 0.29) is 6.10 Å². The van der Waals surface area contributed by atoms with Crippen molar-refractivity contribution in [2.75, 3.05) is 18.1 Å². The van der Waals surface area contributed by atoms with Crippen LogP contribution >= 0.6 is 0 Å². The van der Waals surface area contributed by atoms with Gasteiger partial charge in [0.1, 0.15) is 12.3 Å². The molecule has 3 rings (SSSR count). The van der Waals surface area contributed by atoms with Crippen molar-refractivity contribution >= 4 is 24.4 Å². The largest absolute Gasteiger partial charge is 0.496 e. The summed E-state index contributed by atoms with van der Waals surface area (Å²) in [5.74, 6) is 0.409. The Balaban J connectivity index is 1.89. The lowest BCUT2D eigenvalue weighted by molar-refractivity contribution is 0.00578. The van der Waals surface area contributed by atoms with E-state index in [1.165, 1.54) is 0 Å². The lowest BCUT2D eigenvalue weighted by Crippen LogP contribution is -2.41. The van der Waals surface area contributed by atoms with E-state index in [1.807, 2.05) is 47.6 Å². The highest BCUT2D eigenvalue weighted by Gasteiger charge is 2.52. The zero-order chi connectivity index (χ0) is 18.4. The second-order valence-electron chi connectivity index (χ2n) is 7.61. The Bertz CT molecular complexity index is 661. The summed E-state index contributed by atoms with van der Waals surface area (Å²) in [6, 6.07) is 1.82. The maximum Gasteiger partial charge on any atom is 0.496 e. The molecular weight excluding hydrogens is 323 g/mol. The van der Waals surface area contributed by atoms with E-state index in [0.717, 1.165) is 5.46 Å². The van der Waals surface area contributed by atoms with Crippen LogP contribution in [0.15, 0.2) is 12.3 Å². The summed E-state index contributed by atoms with van der Waals surface area (Å²) in [5.41, 5.74) is 0.426. The Morgan fingerprint density at radius 3 is 2.52 bits per heavy atom. The van der Waals surface area contributed by atoms with Crippen LogP contribution in [0.25, 0.3) is 0 Å². The van der Waals surface area contributed by atoms with Crippen LogP contribution in [-0.4, -0.2) is 48.7 Å². The van der Waals surface area contributed by atoms with Gasteiger partial charge in [0.2, 0.25) is 5.88 Å². The number of anilines is 1. The van der Waals surface area contributed by atoms with Crippen LogP contribution in [0.4, 0.5) is 10.5 Å². The number of amides is 1. The smallest absolute Gasteiger partial charge is 0.474 e. The van der Waals surface area contributed by atoms with Crippen molar-refractivity contribution in [2.45, 2.75) is 58.8 Å². The predicted octanol–water partition coefficient (Wildman–Crippen LogP) is 2.12. The van der Waals surface area contributed by atoms with E-state index >= 15 is 0 Å². The van der Waals surface area contributed by atoms with Crippen LogP contribution in [0.3, 0.4) is 0 Å². The molecular formula is C17H25BN2O5. The van der Waals surface area contributed by atoms with E-state index < -0.39 is 24.4 Å². The standard InChI is InChI=1S/C17H25BN2O5/c1-11(2)23-15(21)20-7-8-22-14-13(20)9-12(10-19-14)18-24-16(3,4)17(5,6)25-18/h9-11H,7-8H2,1-6H3. The minimum atomic E-state index is -0.548. The zero-order valence-electron chi connectivity index (χ0n) is 15.7. The van der Waals surface area contributed by atoms with Crippen molar-refractivity contribution in [3.63, 3.8) is 0 Å². The first-order valence-corrected chi connectivity index (χ1v) is 8.57. The molecule has 1 fully saturated rings. The molecule has 1 aromatic heterocycles. The molecule has 3 heterocycles. The molecule has 0 atom stereocenters. The van der Waals surface area contributed by atoms with Crippen LogP contribution in [-0.2, 0) is 14.0 Å². The molecule has 0 aromatic carbocycles. The van der Waals surface area contributed by atoms with Gasteiger partial charge < -0.3 is 18.8 Å². The SMILES string of the molecule is CC(C)OC(=O)N1CCOc2ncc(B3OC(C)(C)C(C)(C)O3)cc21. The molecule has 1 saturated heterocycles. The van der Waals surface area contributed by atoms with Gasteiger partial charge in [0, 0.05) is 11.7 Å². The third kappa shape index (κ3) is 3.33. The zero-order valence-corrected chi connectivity index (χ0v) is 15.7. The number of hydrogen-bond acceptors (Lipinski definition) is 6. The molecule has 0 saturated carbocycles. The van der Waals surface area contributed by atoms with Gasteiger partial charge >= 0.3 is 13.2 Å². The van der Waals surface area contributed by atoms with E-state index in [1.54, 1.807) is 11.1 Å². The Labute approximate surface area is 148 Å². The van der Waals surface area contributed by atoms with E-state index in [4.69, 9.17) is 18.8 Å². The van der Waals surface area contributed by atoms with Gasteiger partial charge in [-0.1, -0.05) is 0 Å². The fourth-order valence-corrected chi connectivity index (χ4v) is 2.68. The fraction of sp³-hybridized carbons (Fsp3) is 0.647. The van der Waals surface area contributed by atoms with Gasteiger partial charge in [-0.2, -0.15) is 0 Å². The average Bonchev–Trinajstić information content (AvgIpc) is 2.73. The van der Waals surface area contributed by atoms with Gasteiger partial charge in [0.25, 0.3) is 0 Å². The third-order valence-electron chi connectivity index (χ3n) is 4.78. The topological polar surface area (TPSA) is 70.1 Å². The molecule has 7 nitrogen and oxygen atoms in total. The third-order valence-corrected chi connectivity index (χ3v) is 4.78. The van der Waals surface area contributed by atoms with Crippen molar-refractivity contribution in [1.82, 2.24) is 4.98 Å². The first-order chi connectivity index (χ1) is 11.6. The van der Waals surface area contributed by atoms with Crippen molar-refractivity contribution in [1.29, 1.82) is 0 Å². The molecule has 25 heavy (non-hydrogen) atoms. The first kappa shape index (κ1) is 18.0. The number of hydrogen-bond donors (Lipinski definition) is 0. The van der Waals surface area contributed by atoms with Gasteiger partial charge in [0.05, 0.1) is 23.9 Å². The molecule has 8 heteroatoms. The molecule has 2 aliphatic heterocycles. The number of rotatable bonds is 2. The Morgan fingerprint density at radius 2 is 1.92 bits per heavy atom. The highest BCUT2D eigenvalue weighted by molar-refractivity contribution is 6.62. The van der Waals surface area contributed by atoms with Gasteiger partial charge in [-0.3, -0.25) is 4.90 Å². The summed E-state index contributed by atoms with van der Waals surface area (Å²) in [6.45, 7) is 12.4. The molecule has 136 valence electrons. The number of pyridine rings is 1. The molecule has 0 unspecified atom stereocenters. The summed E-state index contributed by atoms with van der Waals surface area (Å²) >= 11 is 0. The predicted molar refractivity (Wildman–Crippen MR) is 94.4 cm³/mol.